The van der Waals surface area contributed by atoms with Crippen LogP contribution in [-0.2, 0) is 16.1 Å². The number of alkyl halides is 3. The van der Waals surface area contributed by atoms with Gasteiger partial charge in [0.15, 0.2) is 0 Å². The van der Waals surface area contributed by atoms with Crippen molar-refractivity contribution >= 4 is 17.5 Å². The van der Waals surface area contributed by atoms with E-state index in [4.69, 9.17) is 0 Å². The molecule has 1 aromatic rings. The lowest BCUT2D eigenvalue weighted by atomic mass is 9.85. The van der Waals surface area contributed by atoms with Crippen LogP contribution in [-0.4, -0.2) is 45.9 Å². The number of halogens is 3. The first-order chi connectivity index (χ1) is 13.1. The van der Waals surface area contributed by atoms with Crippen LogP contribution in [0.25, 0.3) is 0 Å². The number of rotatable bonds is 6. The van der Waals surface area contributed by atoms with Crippen LogP contribution in [0, 0.1) is 15.5 Å². The fourth-order valence-corrected chi connectivity index (χ4v) is 4.12. The molecule has 1 aliphatic carbocycles. The van der Waals surface area contributed by atoms with Gasteiger partial charge in [0.05, 0.1) is 23.6 Å². The van der Waals surface area contributed by atoms with E-state index >= 15 is 0 Å². The minimum Gasteiger partial charge on any atom is -0.274 e. The topological polar surface area (TPSA) is 83.8 Å². The Morgan fingerprint density at radius 1 is 1.18 bits per heavy atom. The summed E-state index contributed by atoms with van der Waals surface area (Å²) in [5, 5.41) is 11.2. The Kier molecular flexibility index (Phi) is 5.42. The molecule has 2 fully saturated rings. The summed E-state index contributed by atoms with van der Waals surface area (Å²) in [4.78, 5) is 37.3. The molecule has 2 aliphatic rings. The Balaban J connectivity index is 1.82. The van der Waals surface area contributed by atoms with Crippen molar-refractivity contribution in [2.75, 3.05) is 13.2 Å². The van der Waals surface area contributed by atoms with Crippen LogP contribution in [0.15, 0.2) is 24.3 Å². The molecular weight excluding hydrogens is 379 g/mol. The molecule has 0 aromatic heterocycles. The van der Waals surface area contributed by atoms with Crippen molar-refractivity contribution in [2.24, 2.45) is 5.41 Å². The highest BCUT2D eigenvalue weighted by Gasteiger charge is 2.53. The van der Waals surface area contributed by atoms with Crippen molar-refractivity contribution in [3.8, 4) is 0 Å². The molecule has 0 radical (unpaired) electrons. The van der Waals surface area contributed by atoms with Crippen molar-refractivity contribution in [1.29, 1.82) is 0 Å². The summed E-state index contributed by atoms with van der Waals surface area (Å²) in [6.45, 7) is -2.32. The van der Waals surface area contributed by atoms with Crippen LogP contribution in [0.5, 0.6) is 0 Å². The van der Waals surface area contributed by atoms with Crippen LogP contribution in [0.4, 0.5) is 18.9 Å². The number of carbonyl (C=O) groups excluding carboxylic acids is 2. The lowest BCUT2D eigenvalue weighted by Crippen LogP contribution is -2.45. The zero-order valence-corrected chi connectivity index (χ0v) is 15.1. The molecule has 1 saturated heterocycles. The smallest absolute Gasteiger partial charge is 0.274 e. The highest BCUT2D eigenvalue weighted by atomic mass is 19.4. The third-order valence-electron chi connectivity index (χ3n) is 5.38. The van der Waals surface area contributed by atoms with E-state index in [9.17, 15) is 32.9 Å². The van der Waals surface area contributed by atoms with E-state index in [1.165, 1.54) is 24.3 Å². The number of amides is 2. The molecule has 1 heterocycles. The van der Waals surface area contributed by atoms with Gasteiger partial charge in [-0.1, -0.05) is 31.0 Å². The molecule has 3 rings (SSSR count). The summed E-state index contributed by atoms with van der Waals surface area (Å²) >= 11 is 0. The van der Waals surface area contributed by atoms with Crippen molar-refractivity contribution in [3.05, 3.63) is 39.9 Å². The second kappa shape index (κ2) is 7.50. The van der Waals surface area contributed by atoms with Crippen molar-refractivity contribution in [1.82, 2.24) is 9.80 Å². The first-order valence-electron chi connectivity index (χ1n) is 8.97. The minimum atomic E-state index is -4.58. The summed E-state index contributed by atoms with van der Waals surface area (Å²) in [7, 11) is 0. The number of para-hydroxylation sites is 1. The number of nitrogens with zero attached hydrogens (tertiary/aromatic N) is 3. The largest absolute Gasteiger partial charge is 0.401 e. The lowest BCUT2D eigenvalue weighted by Gasteiger charge is -2.28. The third kappa shape index (κ3) is 4.16. The van der Waals surface area contributed by atoms with Gasteiger partial charge in [0.1, 0.15) is 0 Å². The summed E-state index contributed by atoms with van der Waals surface area (Å²) in [5.41, 5.74) is -0.993. The fraction of sp³-hybridized carbons (Fsp3) is 0.556. The van der Waals surface area contributed by atoms with E-state index in [2.05, 4.69) is 0 Å². The molecule has 1 saturated carbocycles. The summed E-state index contributed by atoms with van der Waals surface area (Å²) in [5.74, 6) is -0.911. The van der Waals surface area contributed by atoms with E-state index in [0.29, 0.717) is 12.8 Å². The molecular formula is C18H20F3N3O4. The average Bonchev–Trinajstić information content (AvgIpc) is 3.15. The number of imide groups is 1. The van der Waals surface area contributed by atoms with Gasteiger partial charge in [-0.15, -0.1) is 0 Å². The first-order valence-corrected chi connectivity index (χ1v) is 8.97. The Labute approximate surface area is 159 Å². The van der Waals surface area contributed by atoms with Crippen LogP contribution in [0.1, 0.15) is 37.7 Å². The predicted octanol–water partition coefficient (Wildman–Crippen LogP) is 3.24. The van der Waals surface area contributed by atoms with Crippen LogP contribution in [0.3, 0.4) is 0 Å². The van der Waals surface area contributed by atoms with E-state index in [0.717, 1.165) is 22.6 Å². The Bertz CT molecular complexity index is 791. The number of nitro groups is 1. The molecule has 152 valence electrons. The number of likely N-dealkylation sites (tertiary alicyclic amines) is 1. The van der Waals surface area contributed by atoms with Gasteiger partial charge >= 0.3 is 6.18 Å². The van der Waals surface area contributed by atoms with Crippen LogP contribution in [0.2, 0.25) is 0 Å². The number of benzene rings is 1. The second-order valence-corrected chi connectivity index (χ2v) is 7.42. The standard InChI is InChI=1S/C18H20F3N3O4/c19-18(20,21)11-22(10-13-5-1-2-6-14(13)24(27)28)12-23-15(25)9-17(16(23)26)7-3-4-8-17/h1-2,5-6H,3-4,7-12H2. The predicted molar refractivity (Wildman–Crippen MR) is 91.8 cm³/mol. The summed E-state index contributed by atoms with van der Waals surface area (Å²) in [6, 6.07) is 5.50. The molecule has 0 N–H and O–H groups in total. The highest BCUT2D eigenvalue weighted by molar-refractivity contribution is 6.06. The third-order valence-corrected chi connectivity index (χ3v) is 5.38. The van der Waals surface area contributed by atoms with Gasteiger partial charge < -0.3 is 0 Å². The molecule has 1 aliphatic heterocycles. The first kappa shape index (κ1) is 20.2. The van der Waals surface area contributed by atoms with Crippen molar-refractivity contribution in [3.63, 3.8) is 0 Å². The average molecular weight is 399 g/mol. The summed E-state index contributed by atoms with van der Waals surface area (Å²) in [6.07, 6.45) is -1.79. The number of hydrogen-bond acceptors (Lipinski definition) is 5. The van der Waals surface area contributed by atoms with Gasteiger partial charge in [-0.05, 0) is 12.8 Å². The lowest BCUT2D eigenvalue weighted by molar-refractivity contribution is -0.385. The maximum Gasteiger partial charge on any atom is 0.401 e. The van der Waals surface area contributed by atoms with Gasteiger partial charge in [0.25, 0.3) is 5.69 Å². The molecule has 10 heteroatoms. The quantitative estimate of drug-likeness (QED) is 0.417. The molecule has 0 bridgehead atoms. The molecule has 1 spiro atoms. The van der Waals surface area contributed by atoms with Gasteiger partial charge in [0.2, 0.25) is 11.8 Å². The van der Waals surface area contributed by atoms with E-state index in [1.54, 1.807) is 0 Å². The second-order valence-electron chi connectivity index (χ2n) is 7.42. The SMILES string of the molecule is O=C1CC2(CCCC2)C(=O)N1CN(Cc1ccccc1[N+](=O)[O-])CC(F)(F)F. The Hall–Kier alpha value is -2.49. The van der Waals surface area contributed by atoms with Crippen LogP contribution >= 0.6 is 0 Å². The minimum absolute atomic E-state index is 0.0250. The van der Waals surface area contributed by atoms with Gasteiger partial charge in [-0.2, -0.15) is 13.2 Å². The normalized spacial score (nSPS) is 19.2. The maximum absolute atomic E-state index is 13.1. The van der Waals surface area contributed by atoms with Crippen LogP contribution < -0.4 is 0 Å². The molecule has 0 atom stereocenters. The van der Waals surface area contributed by atoms with Crippen molar-refractivity contribution < 1.29 is 27.7 Å². The van der Waals surface area contributed by atoms with E-state index < -0.39 is 48.1 Å². The maximum atomic E-state index is 13.1. The number of nitro benzene ring substituents is 1. The molecule has 28 heavy (non-hydrogen) atoms. The van der Waals surface area contributed by atoms with Gasteiger partial charge in [-0.3, -0.25) is 29.5 Å². The van der Waals surface area contributed by atoms with Crippen molar-refractivity contribution in [2.45, 2.75) is 44.8 Å². The highest BCUT2D eigenvalue weighted by Crippen LogP contribution is 2.46. The zero-order valence-electron chi connectivity index (χ0n) is 15.1. The van der Waals surface area contributed by atoms with E-state index in [-0.39, 0.29) is 17.7 Å². The van der Waals surface area contributed by atoms with Gasteiger partial charge in [0, 0.05) is 24.6 Å². The monoisotopic (exact) mass is 399 g/mol. The van der Waals surface area contributed by atoms with E-state index in [1.807, 2.05) is 0 Å². The Morgan fingerprint density at radius 2 is 1.82 bits per heavy atom. The number of carbonyl (C=O) groups is 2. The number of hydrogen-bond donors (Lipinski definition) is 0. The molecule has 1 aromatic carbocycles. The molecule has 2 amide bonds. The molecule has 7 nitrogen and oxygen atoms in total. The fourth-order valence-electron chi connectivity index (χ4n) is 4.12. The Morgan fingerprint density at radius 3 is 2.43 bits per heavy atom. The molecule has 0 unspecified atom stereocenters. The zero-order chi connectivity index (χ0) is 20.5. The summed E-state index contributed by atoms with van der Waals surface area (Å²) < 4.78 is 39.2. The van der Waals surface area contributed by atoms with Gasteiger partial charge in [-0.25, -0.2) is 0 Å².